The van der Waals surface area contributed by atoms with E-state index >= 15 is 0 Å². The van der Waals surface area contributed by atoms with Crippen LogP contribution >= 0.6 is 0 Å². The number of carbonyl (C=O) groups excluding carboxylic acids is 2. The second-order valence-corrected chi connectivity index (χ2v) is 9.42. The highest BCUT2D eigenvalue weighted by Crippen LogP contribution is 2.39. The number of methoxy groups -OCH3 is 1. The molecule has 6 rings (SSSR count). The van der Waals surface area contributed by atoms with Gasteiger partial charge in [0.25, 0.3) is 17.6 Å². The van der Waals surface area contributed by atoms with Crippen LogP contribution in [0, 0.1) is 0 Å². The topological polar surface area (TPSA) is 140 Å². The highest BCUT2D eigenvalue weighted by Gasteiger charge is 2.51. The summed E-state index contributed by atoms with van der Waals surface area (Å²) >= 11 is 0. The molecule has 2 aliphatic rings. The van der Waals surface area contributed by atoms with Gasteiger partial charge in [0.1, 0.15) is 23.8 Å². The van der Waals surface area contributed by atoms with E-state index in [0.717, 1.165) is 22.4 Å². The Balaban J connectivity index is 1.34. The van der Waals surface area contributed by atoms with E-state index in [-0.39, 0.29) is 25.2 Å². The molecule has 11 nitrogen and oxygen atoms in total. The van der Waals surface area contributed by atoms with Crippen LogP contribution in [0.5, 0.6) is 11.5 Å². The molecule has 11 heteroatoms. The number of nitrogens with two attached hydrogens (primary N) is 1. The molecule has 4 aromatic rings. The normalized spacial score (nSPS) is 15.8. The first kappa shape index (κ1) is 25.5. The number of carbonyl (C=O) groups is 2. The molecule has 204 valence electrons. The summed E-state index contributed by atoms with van der Waals surface area (Å²) in [4.78, 5) is 30.8. The Morgan fingerprint density at radius 2 is 1.93 bits per heavy atom. The second-order valence-electron chi connectivity index (χ2n) is 9.42. The van der Waals surface area contributed by atoms with Crippen LogP contribution in [-0.4, -0.2) is 58.7 Å². The van der Waals surface area contributed by atoms with Gasteiger partial charge in [-0.1, -0.05) is 30.3 Å². The van der Waals surface area contributed by atoms with Gasteiger partial charge in [-0.15, -0.1) is 0 Å². The maximum Gasteiger partial charge on any atom is 0.280 e. The molecule has 2 aromatic heterocycles. The molecule has 0 radical (unpaired) electrons. The van der Waals surface area contributed by atoms with Crippen LogP contribution in [0.15, 0.2) is 73.1 Å². The van der Waals surface area contributed by atoms with Gasteiger partial charge in [-0.25, -0.2) is 9.67 Å². The lowest BCUT2D eigenvalue weighted by Crippen LogP contribution is -2.61. The minimum atomic E-state index is -1.80. The van der Waals surface area contributed by atoms with Gasteiger partial charge in [-0.2, -0.15) is 5.10 Å². The summed E-state index contributed by atoms with van der Waals surface area (Å²) in [6.07, 6.45) is 3.62. The Kier molecular flexibility index (Phi) is 6.66. The lowest BCUT2D eigenvalue weighted by molar-refractivity contribution is -0.189. The molecule has 1 fully saturated rings. The summed E-state index contributed by atoms with van der Waals surface area (Å²) in [7, 11) is 1.60. The van der Waals surface area contributed by atoms with Crippen molar-refractivity contribution < 1.29 is 28.5 Å². The van der Waals surface area contributed by atoms with Crippen molar-refractivity contribution in [3.8, 4) is 28.6 Å². The van der Waals surface area contributed by atoms with E-state index in [1.165, 1.54) is 0 Å². The summed E-state index contributed by atoms with van der Waals surface area (Å²) < 4.78 is 24.2. The van der Waals surface area contributed by atoms with Crippen LogP contribution in [-0.2, 0) is 27.3 Å². The molecule has 3 N–H and O–H groups in total. The molecule has 1 atom stereocenters. The fourth-order valence-corrected chi connectivity index (χ4v) is 5.02. The predicted octanol–water partition coefficient (Wildman–Crippen LogP) is 2.40. The Bertz CT molecular complexity index is 1560. The Labute approximate surface area is 229 Å². The highest BCUT2D eigenvalue weighted by atomic mass is 16.7. The summed E-state index contributed by atoms with van der Waals surface area (Å²) in [6, 6.07) is 17.3. The van der Waals surface area contributed by atoms with Crippen molar-refractivity contribution in [1.29, 1.82) is 0 Å². The number of hydrogen-bond donors (Lipinski definition) is 2. The van der Waals surface area contributed by atoms with Crippen LogP contribution < -0.4 is 20.5 Å². The third-order valence-corrected chi connectivity index (χ3v) is 6.97. The average molecular weight is 542 g/mol. The Hall–Kier alpha value is -4.74. The molecule has 0 aliphatic carbocycles. The van der Waals surface area contributed by atoms with E-state index in [4.69, 9.17) is 29.8 Å². The van der Waals surface area contributed by atoms with E-state index in [9.17, 15) is 9.59 Å². The van der Waals surface area contributed by atoms with E-state index in [1.807, 2.05) is 48.5 Å². The molecular weight excluding hydrogens is 514 g/mol. The van der Waals surface area contributed by atoms with Gasteiger partial charge in [-0.05, 0) is 36.2 Å². The summed E-state index contributed by atoms with van der Waals surface area (Å²) in [6.45, 7) is 0.659. The highest BCUT2D eigenvalue weighted by molar-refractivity contribution is 5.98. The molecular formula is C29H27N5O6. The second kappa shape index (κ2) is 10.4. The Morgan fingerprint density at radius 3 is 2.67 bits per heavy atom. The number of fused-ring (bicyclic) bond motifs is 3. The number of nitrogens with zero attached hydrogens (tertiary/aromatic N) is 3. The summed E-state index contributed by atoms with van der Waals surface area (Å²) in [5.74, 6) is -1.45. The molecule has 0 spiro atoms. The molecule has 2 aliphatic heterocycles. The van der Waals surface area contributed by atoms with E-state index in [1.54, 1.807) is 36.3 Å². The van der Waals surface area contributed by atoms with Crippen molar-refractivity contribution in [2.24, 2.45) is 5.73 Å². The van der Waals surface area contributed by atoms with Gasteiger partial charge >= 0.3 is 0 Å². The number of rotatable bonds is 8. The quantitative estimate of drug-likeness (QED) is 0.347. The van der Waals surface area contributed by atoms with Gasteiger partial charge in [0, 0.05) is 29.6 Å². The van der Waals surface area contributed by atoms with Crippen LogP contribution in [0.1, 0.15) is 21.5 Å². The van der Waals surface area contributed by atoms with E-state index in [2.05, 4.69) is 10.3 Å². The number of aromatic nitrogens is 3. The van der Waals surface area contributed by atoms with Crippen molar-refractivity contribution >= 4 is 11.8 Å². The first-order valence-electron chi connectivity index (χ1n) is 12.8. The number of benzene rings is 2. The smallest absolute Gasteiger partial charge is 0.280 e. The number of hydrogen-bond acceptors (Lipinski definition) is 8. The van der Waals surface area contributed by atoms with Crippen molar-refractivity contribution in [2.45, 2.75) is 24.9 Å². The van der Waals surface area contributed by atoms with Gasteiger partial charge < -0.3 is 30.0 Å². The third-order valence-electron chi connectivity index (χ3n) is 6.97. The first-order valence-corrected chi connectivity index (χ1v) is 12.8. The van der Waals surface area contributed by atoms with Crippen molar-refractivity contribution in [3.05, 3.63) is 89.7 Å². The van der Waals surface area contributed by atoms with Gasteiger partial charge in [0.15, 0.2) is 5.82 Å². The van der Waals surface area contributed by atoms with Crippen LogP contribution in [0.3, 0.4) is 0 Å². The van der Waals surface area contributed by atoms with Crippen molar-refractivity contribution in [1.82, 2.24) is 20.1 Å². The van der Waals surface area contributed by atoms with Crippen LogP contribution in [0.25, 0.3) is 17.1 Å². The molecule has 40 heavy (non-hydrogen) atoms. The van der Waals surface area contributed by atoms with Gasteiger partial charge in [-0.3, -0.25) is 9.59 Å². The summed E-state index contributed by atoms with van der Waals surface area (Å²) in [5, 5.41) is 7.69. The zero-order valence-corrected chi connectivity index (χ0v) is 21.7. The lowest BCUT2D eigenvalue weighted by atomic mass is 9.97. The largest absolute Gasteiger partial charge is 0.497 e. The number of amides is 2. The average Bonchev–Trinajstić information content (AvgIpc) is 3.66. The zero-order valence-electron chi connectivity index (χ0n) is 21.7. The van der Waals surface area contributed by atoms with Crippen LogP contribution in [0.4, 0.5) is 0 Å². The lowest BCUT2D eigenvalue weighted by Gasteiger charge is -2.33. The SMILES string of the molecule is COc1ccc2c(c1)OCc1cn(-c3ncccc3C(=O)NC(Cc3ccccc3)C3(C(N)=O)OCCO3)nc1-2. The Morgan fingerprint density at radius 1 is 1.12 bits per heavy atom. The number of nitrogens with one attached hydrogen (secondary N) is 1. The molecule has 1 unspecified atom stereocenters. The predicted molar refractivity (Wildman–Crippen MR) is 143 cm³/mol. The van der Waals surface area contributed by atoms with E-state index in [0.29, 0.717) is 23.9 Å². The third kappa shape index (κ3) is 4.55. The minimum Gasteiger partial charge on any atom is -0.497 e. The maximum absolute atomic E-state index is 13.8. The fraction of sp³-hybridized carbons (Fsp3) is 0.241. The number of primary amides is 1. The fourth-order valence-electron chi connectivity index (χ4n) is 5.02. The molecule has 2 aromatic carbocycles. The summed E-state index contributed by atoms with van der Waals surface area (Å²) in [5.41, 5.74) is 9.24. The first-order chi connectivity index (χ1) is 19.5. The molecule has 2 amide bonds. The molecule has 0 bridgehead atoms. The van der Waals surface area contributed by atoms with Crippen LogP contribution in [0.2, 0.25) is 0 Å². The number of pyridine rings is 1. The van der Waals surface area contributed by atoms with Crippen molar-refractivity contribution in [3.63, 3.8) is 0 Å². The molecule has 1 saturated heterocycles. The minimum absolute atomic E-state index is 0.177. The zero-order chi connectivity index (χ0) is 27.7. The molecule has 4 heterocycles. The van der Waals surface area contributed by atoms with Gasteiger partial charge in [0.05, 0.1) is 31.9 Å². The van der Waals surface area contributed by atoms with Crippen molar-refractivity contribution in [2.75, 3.05) is 20.3 Å². The monoisotopic (exact) mass is 541 g/mol. The van der Waals surface area contributed by atoms with Gasteiger partial charge in [0.2, 0.25) is 0 Å². The maximum atomic E-state index is 13.8. The number of ether oxygens (including phenoxy) is 4. The van der Waals surface area contributed by atoms with E-state index < -0.39 is 23.6 Å². The standard InChI is InChI=1S/C29H27N5O6/c1-37-20-9-10-21-23(15-20)38-17-19-16-34(33-25(19)21)26-22(8-5-11-31-26)27(35)32-24(14-18-6-3-2-4-7-18)29(28(30)36)39-12-13-40-29/h2-11,15-16,24H,12-14,17H2,1H3,(H2,30,36)(H,32,35). The molecule has 0 saturated carbocycles.